The van der Waals surface area contributed by atoms with E-state index in [4.69, 9.17) is 4.74 Å². The molecule has 0 aromatic rings. The minimum Gasteiger partial charge on any atom is -0.377 e. The van der Waals surface area contributed by atoms with Crippen molar-refractivity contribution in [3.05, 3.63) is 0 Å². The van der Waals surface area contributed by atoms with Crippen LogP contribution in [0, 0.1) is 5.92 Å². The lowest BCUT2D eigenvalue weighted by atomic mass is 9.93. The minimum absolute atomic E-state index is 0.0796. The van der Waals surface area contributed by atoms with Gasteiger partial charge in [-0.25, -0.2) is 0 Å². The monoisotopic (exact) mass is 256 g/mol. The zero-order chi connectivity index (χ0) is 13.8. The number of hydrogen-bond acceptors (Lipinski definition) is 3. The highest BCUT2D eigenvalue weighted by Crippen LogP contribution is 2.25. The average molecular weight is 256 g/mol. The Bertz CT molecular complexity index is 281. The third-order valence-electron chi connectivity index (χ3n) is 3.85. The van der Waals surface area contributed by atoms with Gasteiger partial charge in [-0.05, 0) is 39.5 Å². The van der Waals surface area contributed by atoms with Gasteiger partial charge >= 0.3 is 0 Å². The Kier molecular flexibility index (Phi) is 5.60. The molecule has 1 amide bonds. The molecule has 3 atom stereocenters. The number of carbonyl (C=O) groups excluding carboxylic acids is 1. The predicted molar refractivity (Wildman–Crippen MR) is 73.5 cm³/mol. The largest absolute Gasteiger partial charge is 0.377 e. The molecule has 3 unspecified atom stereocenters. The zero-order valence-corrected chi connectivity index (χ0v) is 12.4. The van der Waals surface area contributed by atoms with Crippen LogP contribution in [-0.2, 0) is 9.53 Å². The van der Waals surface area contributed by atoms with E-state index in [1.165, 1.54) is 0 Å². The second kappa shape index (κ2) is 6.53. The summed E-state index contributed by atoms with van der Waals surface area (Å²) >= 11 is 0. The second-order valence-electron chi connectivity index (χ2n) is 6.02. The smallest absolute Gasteiger partial charge is 0.236 e. The van der Waals surface area contributed by atoms with Crippen LogP contribution in [0.3, 0.4) is 0 Å². The Morgan fingerprint density at radius 1 is 1.44 bits per heavy atom. The van der Waals surface area contributed by atoms with Crippen molar-refractivity contribution in [1.29, 1.82) is 0 Å². The summed E-state index contributed by atoms with van der Waals surface area (Å²) in [6.45, 7) is 11.9. The van der Waals surface area contributed by atoms with E-state index < -0.39 is 0 Å². The molecule has 1 saturated heterocycles. The second-order valence-corrected chi connectivity index (χ2v) is 6.02. The van der Waals surface area contributed by atoms with Gasteiger partial charge in [0.05, 0.1) is 12.1 Å². The third-order valence-corrected chi connectivity index (χ3v) is 3.85. The number of nitrogens with one attached hydrogen (secondary N) is 2. The molecule has 1 aliphatic heterocycles. The predicted octanol–water partition coefficient (Wildman–Crippen LogP) is 1.69. The van der Waals surface area contributed by atoms with Crippen molar-refractivity contribution in [2.45, 2.75) is 65.1 Å². The summed E-state index contributed by atoms with van der Waals surface area (Å²) in [5.74, 6) is 0.699. The molecule has 1 aliphatic rings. The first-order valence-electron chi connectivity index (χ1n) is 7.02. The van der Waals surface area contributed by atoms with E-state index >= 15 is 0 Å². The summed E-state index contributed by atoms with van der Waals surface area (Å²) in [4.78, 5) is 11.9. The minimum atomic E-state index is -0.175. The quantitative estimate of drug-likeness (QED) is 0.760. The molecule has 0 radical (unpaired) electrons. The van der Waals surface area contributed by atoms with Crippen molar-refractivity contribution in [3.63, 3.8) is 0 Å². The standard InChI is InChI=1S/C14H28N2O2/c1-10(2)6-8-15-13(17)11(3)16-14(5)7-9-18-12(14)4/h10-12,16H,6-9H2,1-5H3,(H,15,17). The molecule has 0 bridgehead atoms. The van der Waals surface area contributed by atoms with Crippen molar-refractivity contribution in [2.75, 3.05) is 13.2 Å². The SMILES string of the molecule is CC(C)CCNC(=O)C(C)NC1(C)CCOC1C. The maximum absolute atomic E-state index is 11.9. The summed E-state index contributed by atoms with van der Waals surface area (Å²) < 4.78 is 5.57. The van der Waals surface area contributed by atoms with E-state index in [0.29, 0.717) is 5.92 Å². The van der Waals surface area contributed by atoms with E-state index in [0.717, 1.165) is 26.0 Å². The van der Waals surface area contributed by atoms with E-state index in [9.17, 15) is 4.79 Å². The molecule has 0 aliphatic carbocycles. The van der Waals surface area contributed by atoms with Crippen LogP contribution in [0.25, 0.3) is 0 Å². The van der Waals surface area contributed by atoms with Gasteiger partial charge < -0.3 is 10.1 Å². The average Bonchev–Trinajstić information content (AvgIpc) is 2.58. The van der Waals surface area contributed by atoms with Crippen LogP contribution in [0.15, 0.2) is 0 Å². The van der Waals surface area contributed by atoms with Gasteiger partial charge in [-0.3, -0.25) is 10.1 Å². The van der Waals surface area contributed by atoms with E-state index in [-0.39, 0.29) is 23.6 Å². The Balaban J connectivity index is 2.35. The Labute approximate surface area is 111 Å². The van der Waals surface area contributed by atoms with Crippen molar-refractivity contribution in [2.24, 2.45) is 5.92 Å². The van der Waals surface area contributed by atoms with Gasteiger partial charge in [0.25, 0.3) is 0 Å². The molecule has 4 nitrogen and oxygen atoms in total. The molecule has 1 rings (SSSR count). The Morgan fingerprint density at radius 2 is 2.11 bits per heavy atom. The van der Waals surface area contributed by atoms with Gasteiger partial charge in [0.15, 0.2) is 0 Å². The van der Waals surface area contributed by atoms with Gasteiger partial charge in [0.2, 0.25) is 5.91 Å². The zero-order valence-electron chi connectivity index (χ0n) is 12.4. The summed E-state index contributed by atoms with van der Waals surface area (Å²) in [6, 6.07) is -0.175. The highest BCUT2D eigenvalue weighted by Gasteiger charge is 2.38. The first-order valence-corrected chi connectivity index (χ1v) is 7.02. The van der Waals surface area contributed by atoms with Crippen LogP contribution in [0.1, 0.15) is 47.5 Å². The highest BCUT2D eigenvalue weighted by molar-refractivity contribution is 5.81. The number of ether oxygens (including phenoxy) is 1. The van der Waals surface area contributed by atoms with Crippen LogP contribution < -0.4 is 10.6 Å². The third kappa shape index (κ3) is 4.25. The van der Waals surface area contributed by atoms with E-state index in [2.05, 4.69) is 38.3 Å². The number of hydrogen-bond donors (Lipinski definition) is 2. The number of carbonyl (C=O) groups is 1. The number of amides is 1. The summed E-state index contributed by atoms with van der Waals surface area (Å²) in [7, 11) is 0. The van der Waals surface area contributed by atoms with Gasteiger partial charge in [-0.2, -0.15) is 0 Å². The van der Waals surface area contributed by atoms with E-state index in [1.807, 2.05) is 6.92 Å². The van der Waals surface area contributed by atoms with Gasteiger partial charge in [-0.1, -0.05) is 13.8 Å². The Hall–Kier alpha value is -0.610. The molecule has 1 heterocycles. The van der Waals surface area contributed by atoms with Crippen molar-refractivity contribution in [1.82, 2.24) is 10.6 Å². The highest BCUT2D eigenvalue weighted by atomic mass is 16.5. The fraction of sp³-hybridized carbons (Fsp3) is 0.929. The van der Waals surface area contributed by atoms with Crippen LogP contribution >= 0.6 is 0 Å². The molecule has 1 fully saturated rings. The molecule has 4 heteroatoms. The first kappa shape index (κ1) is 15.4. The lowest BCUT2D eigenvalue weighted by Gasteiger charge is -2.32. The molecule has 0 aromatic carbocycles. The molecular weight excluding hydrogens is 228 g/mol. The number of rotatable bonds is 6. The molecule has 0 saturated carbocycles. The van der Waals surface area contributed by atoms with Gasteiger partial charge in [-0.15, -0.1) is 0 Å². The Morgan fingerprint density at radius 3 is 2.61 bits per heavy atom. The summed E-state index contributed by atoms with van der Waals surface area (Å²) in [5, 5.41) is 6.38. The molecule has 106 valence electrons. The fourth-order valence-electron chi connectivity index (χ4n) is 2.22. The maximum atomic E-state index is 11.9. The van der Waals surface area contributed by atoms with Crippen LogP contribution in [0.5, 0.6) is 0 Å². The van der Waals surface area contributed by atoms with Crippen LogP contribution in [-0.4, -0.2) is 36.7 Å². The molecule has 18 heavy (non-hydrogen) atoms. The molecule has 0 spiro atoms. The van der Waals surface area contributed by atoms with Crippen LogP contribution in [0.4, 0.5) is 0 Å². The van der Waals surface area contributed by atoms with Gasteiger partial charge in [0, 0.05) is 18.7 Å². The van der Waals surface area contributed by atoms with E-state index in [1.54, 1.807) is 0 Å². The van der Waals surface area contributed by atoms with Crippen molar-refractivity contribution < 1.29 is 9.53 Å². The van der Waals surface area contributed by atoms with Crippen LogP contribution in [0.2, 0.25) is 0 Å². The fourth-order valence-corrected chi connectivity index (χ4v) is 2.22. The van der Waals surface area contributed by atoms with Crippen molar-refractivity contribution in [3.8, 4) is 0 Å². The lowest BCUT2D eigenvalue weighted by molar-refractivity contribution is -0.123. The molecule has 2 N–H and O–H groups in total. The topological polar surface area (TPSA) is 50.4 Å². The lowest BCUT2D eigenvalue weighted by Crippen LogP contribution is -2.56. The van der Waals surface area contributed by atoms with Crippen molar-refractivity contribution >= 4 is 5.91 Å². The first-order chi connectivity index (χ1) is 8.35. The normalized spacial score (nSPS) is 29.6. The van der Waals surface area contributed by atoms with Gasteiger partial charge in [0.1, 0.15) is 0 Å². The summed E-state index contributed by atoms with van der Waals surface area (Å²) in [6.07, 6.45) is 2.14. The maximum Gasteiger partial charge on any atom is 0.236 e. The summed E-state index contributed by atoms with van der Waals surface area (Å²) in [5.41, 5.74) is -0.0885. The molecular formula is C14H28N2O2. The molecule has 0 aromatic heterocycles.